The van der Waals surface area contributed by atoms with E-state index >= 15 is 0 Å². The Hall–Kier alpha value is -1.43. The molecule has 0 aliphatic heterocycles. The standard InChI is InChI=1S/C12H16ClN5/c1-2-18-12(15-8-16-18)7-11(17-14)9-3-5-10(13)6-4-9/h3-6,8,11,17H,2,7,14H2,1H3. The van der Waals surface area contributed by atoms with Crippen LogP contribution in [0.2, 0.25) is 5.02 Å². The van der Waals surface area contributed by atoms with Gasteiger partial charge >= 0.3 is 0 Å². The molecule has 1 aromatic heterocycles. The number of rotatable bonds is 5. The van der Waals surface area contributed by atoms with Crippen molar-refractivity contribution in [1.29, 1.82) is 0 Å². The molecule has 1 aromatic carbocycles. The second-order valence-corrected chi connectivity index (χ2v) is 4.40. The van der Waals surface area contributed by atoms with Crippen molar-refractivity contribution in [3.63, 3.8) is 0 Å². The topological polar surface area (TPSA) is 68.8 Å². The number of benzene rings is 1. The second-order valence-electron chi connectivity index (χ2n) is 3.97. The van der Waals surface area contributed by atoms with Gasteiger partial charge in [-0.05, 0) is 24.6 Å². The summed E-state index contributed by atoms with van der Waals surface area (Å²) >= 11 is 5.87. The second kappa shape index (κ2) is 5.95. The Morgan fingerprint density at radius 3 is 2.72 bits per heavy atom. The smallest absolute Gasteiger partial charge is 0.138 e. The van der Waals surface area contributed by atoms with Crippen LogP contribution in [0.3, 0.4) is 0 Å². The maximum atomic E-state index is 5.87. The number of aryl methyl sites for hydroxylation is 1. The van der Waals surface area contributed by atoms with Crippen molar-refractivity contribution in [3.8, 4) is 0 Å². The summed E-state index contributed by atoms with van der Waals surface area (Å²) in [5.41, 5.74) is 3.88. The van der Waals surface area contributed by atoms with Gasteiger partial charge < -0.3 is 0 Å². The number of hydrogen-bond donors (Lipinski definition) is 2. The summed E-state index contributed by atoms with van der Waals surface area (Å²) in [7, 11) is 0. The van der Waals surface area contributed by atoms with Crippen LogP contribution >= 0.6 is 11.6 Å². The molecule has 0 aliphatic carbocycles. The van der Waals surface area contributed by atoms with Crippen molar-refractivity contribution in [2.45, 2.75) is 25.9 Å². The zero-order valence-corrected chi connectivity index (χ0v) is 10.9. The zero-order valence-electron chi connectivity index (χ0n) is 10.2. The van der Waals surface area contributed by atoms with E-state index < -0.39 is 0 Å². The molecule has 0 fully saturated rings. The van der Waals surface area contributed by atoms with Gasteiger partial charge in [-0.3, -0.25) is 16.0 Å². The molecule has 3 N–H and O–H groups in total. The lowest BCUT2D eigenvalue weighted by Gasteiger charge is -2.16. The van der Waals surface area contributed by atoms with Crippen LogP contribution in [0.1, 0.15) is 24.4 Å². The van der Waals surface area contributed by atoms with E-state index in [1.165, 1.54) is 0 Å². The molecule has 5 nitrogen and oxygen atoms in total. The van der Waals surface area contributed by atoms with E-state index in [1.54, 1.807) is 6.33 Å². The van der Waals surface area contributed by atoms with Crippen LogP contribution in [-0.2, 0) is 13.0 Å². The Bertz CT molecular complexity index is 493. The van der Waals surface area contributed by atoms with Gasteiger partial charge in [-0.15, -0.1) is 0 Å². The average molecular weight is 266 g/mol. The molecule has 18 heavy (non-hydrogen) atoms. The number of hydrazine groups is 1. The van der Waals surface area contributed by atoms with E-state index in [2.05, 4.69) is 15.5 Å². The number of nitrogens with zero attached hydrogens (tertiary/aromatic N) is 3. The molecule has 0 saturated heterocycles. The lowest BCUT2D eigenvalue weighted by Crippen LogP contribution is -2.30. The van der Waals surface area contributed by atoms with Crippen molar-refractivity contribution >= 4 is 11.6 Å². The number of aromatic nitrogens is 3. The maximum Gasteiger partial charge on any atom is 0.138 e. The molecule has 1 atom stereocenters. The van der Waals surface area contributed by atoms with E-state index in [9.17, 15) is 0 Å². The highest BCUT2D eigenvalue weighted by Crippen LogP contribution is 2.19. The molecule has 0 aliphatic rings. The minimum absolute atomic E-state index is 0.00299. The fourth-order valence-corrected chi connectivity index (χ4v) is 1.99. The number of nitrogens with two attached hydrogens (primary N) is 1. The van der Waals surface area contributed by atoms with Crippen LogP contribution in [-0.4, -0.2) is 14.8 Å². The minimum atomic E-state index is -0.00299. The van der Waals surface area contributed by atoms with Gasteiger partial charge in [0.2, 0.25) is 0 Å². The van der Waals surface area contributed by atoms with E-state index in [4.69, 9.17) is 17.4 Å². The maximum absolute atomic E-state index is 5.87. The molecule has 0 spiro atoms. The first kappa shape index (κ1) is 13.0. The molecule has 6 heteroatoms. The molecule has 0 amide bonds. The van der Waals surface area contributed by atoms with Gasteiger partial charge in [-0.2, -0.15) is 5.10 Å². The predicted molar refractivity (Wildman–Crippen MR) is 70.9 cm³/mol. The molecule has 0 bridgehead atoms. The predicted octanol–water partition coefficient (Wildman–Crippen LogP) is 1.70. The third-order valence-electron chi connectivity index (χ3n) is 2.86. The average Bonchev–Trinajstić information content (AvgIpc) is 2.84. The Morgan fingerprint density at radius 2 is 2.11 bits per heavy atom. The molecular weight excluding hydrogens is 250 g/mol. The quantitative estimate of drug-likeness (QED) is 0.638. The van der Waals surface area contributed by atoms with Gasteiger partial charge in [0.1, 0.15) is 12.2 Å². The third-order valence-corrected chi connectivity index (χ3v) is 3.11. The largest absolute Gasteiger partial charge is 0.271 e. The van der Waals surface area contributed by atoms with Crippen molar-refractivity contribution in [2.24, 2.45) is 5.84 Å². The fourth-order valence-electron chi connectivity index (χ4n) is 1.86. The van der Waals surface area contributed by atoms with Crippen LogP contribution in [0.15, 0.2) is 30.6 Å². The Kier molecular flexibility index (Phi) is 4.30. The molecule has 0 saturated carbocycles. The van der Waals surface area contributed by atoms with Gasteiger partial charge in [0.25, 0.3) is 0 Å². The highest BCUT2D eigenvalue weighted by atomic mass is 35.5. The summed E-state index contributed by atoms with van der Waals surface area (Å²) in [5.74, 6) is 6.52. The van der Waals surface area contributed by atoms with E-state index in [0.29, 0.717) is 11.4 Å². The molecule has 96 valence electrons. The number of nitrogens with one attached hydrogen (secondary N) is 1. The summed E-state index contributed by atoms with van der Waals surface area (Å²) in [5, 5.41) is 4.86. The first-order valence-electron chi connectivity index (χ1n) is 5.83. The number of halogens is 1. The zero-order chi connectivity index (χ0) is 13.0. The monoisotopic (exact) mass is 265 g/mol. The van der Waals surface area contributed by atoms with Crippen LogP contribution in [0.25, 0.3) is 0 Å². The summed E-state index contributed by atoms with van der Waals surface area (Å²) in [6, 6.07) is 7.62. The van der Waals surface area contributed by atoms with Gasteiger partial charge in [-0.25, -0.2) is 4.98 Å². The third kappa shape index (κ3) is 2.87. The van der Waals surface area contributed by atoms with E-state index in [0.717, 1.165) is 17.9 Å². The molecular formula is C12H16ClN5. The van der Waals surface area contributed by atoms with E-state index in [1.807, 2.05) is 35.9 Å². The molecule has 1 heterocycles. The summed E-state index contributed by atoms with van der Waals surface area (Å²) in [4.78, 5) is 4.25. The lowest BCUT2D eigenvalue weighted by atomic mass is 10.0. The highest BCUT2D eigenvalue weighted by molar-refractivity contribution is 6.30. The Balaban J connectivity index is 2.17. The van der Waals surface area contributed by atoms with Gasteiger partial charge in [0, 0.05) is 18.0 Å². The lowest BCUT2D eigenvalue weighted by molar-refractivity contribution is 0.510. The number of hydrogen-bond acceptors (Lipinski definition) is 4. The SMILES string of the molecule is CCn1ncnc1CC(NN)c1ccc(Cl)cc1. The van der Waals surface area contributed by atoms with Crippen LogP contribution < -0.4 is 11.3 Å². The van der Waals surface area contributed by atoms with Crippen LogP contribution in [0.4, 0.5) is 0 Å². The fraction of sp³-hybridized carbons (Fsp3) is 0.333. The Morgan fingerprint density at radius 1 is 1.39 bits per heavy atom. The normalized spacial score (nSPS) is 12.6. The molecule has 1 unspecified atom stereocenters. The first-order chi connectivity index (χ1) is 8.74. The van der Waals surface area contributed by atoms with Crippen LogP contribution in [0, 0.1) is 0 Å². The molecule has 2 aromatic rings. The van der Waals surface area contributed by atoms with Gasteiger partial charge in [-0.1, -0.05) is 23.7 Å². The van der Waals surface area contributed by atoms with Crippen molar-refractivity contribution in [2.75, 3.05) is 0 Å². The summed E-state index contributed by atoms with van der Waals surface area (Å²) in [6.07, 6.45) is 2.25. The first-order valence-corrected chi connectivity index (χ1v) is 6.20. The van der Waals surface area contributed by atoms with E-state index in [-0.39, 0.29) is 6.04 Å². The molecule has 2 rings (SSSR count). The van der Waals surface area contributed by atoms with Crippen molar-refractivity contribution in [1.82, 2.24) is 20.2 Å². The van der Waals surface area contributed by atoms with Crippen molar-refractivity contribution in [3.05, 3.63) is 47.0 Å². The van der Waals surface area contributed by atoms with Gasteiger partial charge in [0.15, 0.2) is 0 Å². The Labute approximate surface area is 111 Å². The summed E-state index contributed by atoms with van der Waals surface area (Å²) in [6.45, 7) is 2.83. The molecule has 0 radical (unpaired) electrons. The van der Waals surface area contributed by atoms with Gasteiger partial charge in [0.05, 0.1) is 6.04 Å². The van der Waals surface area contributed by atoms with Crippen LogP contribution in [0.5, 0.6) is 0 Å². The highest BCUT2D eigenvalue weighted by Gasteiger charge is 2.14. The van der Waals surface area contributed by atoms with Crippen molar-refractivity contribution < 1.29 is 0 Å². The summed E-state index contributed by atoms with van der Waals surface area (Å²) < 4.78 is 1.86. The minimum Gasteiger partial charge on any atom is -0.271 e.